The Hall–Kier alpha value is -10.0. The molecule has 0 aromatic heterocycles. The molecule has 0 radical (unpaired) electrons. The number of benzene rings is 10. The maximum Gasteiger partial charge on any atom is 0.338 e. The van der Waals surface area contributed by atoms with Crippen LogP contribution in [-0.2, 0) is 60.5 Å². The molecule has 0 saturated carbocycles. The molecule has 1 heterocycles. The molecular weight excluding hydrogens is 1090 g/mol. The normalized spacial score (nSPS) is 14.1. The summed E-state index contributed by atoms with van der Waals surface area (Å²) in [5, 5.41) is 0. The van der Waals surface area contributed by atoms with Crippen molar-refractivity contribution in [2.45, 2.75) is 71.5 Å². The van der Waals surface area contributed by atoms with Gasteiger partial charge in [-0.2, -0.15) is 0 Å². The molecule has 87 heavy (non-hydrogen) atoms. The number of hydrogen-bond acceptors (Lipinski definition) is 12. The largest absolute Gasteiger partial charge is 0.489 e. The summed E-state index contributed by atoms with van der Waals surface area (Å²) in [6.07, 6.45) is -3.30. The number of carbonyl (C=O) groups excluding carboxylic acids is 1. The Bertz CT molecular complexity index is 3660. The molecule has 0 aliphatic carbocycles. The molecule has 0 unspecified atom stereocenters. The average Bonchev–Trinajstić information content (AvgIpc) is 2.74. The number of hydrogen-bond donors (Lipinski definition) is 0. The fourth-order valence-corrected chi connectivity index (χ4v) is 9.95. The van der Waals surface area contributed by atoms with Gasteiger partial charge in [0, 0.05) is 24.3 Å². The Balaban J connectivity index is 1.04. The molecule has 0 fully saturated rings. The van der Waals surface area contributed by atoms with E-state index < -0.39 is 24.3 Å². The molecule has 3 atom stereocenters. The molecule has 1 aliphatic heterocycles. The van der Waals surface area contributed by atoms with E-state index in [-0.39, 0.29) is 76.5 Å². The summed E-state index contributed by atoms with van der Waals surface area (Å²) in [6, 6.07) is 81.6. The lowest BCUT2D eigenvalue weighted by Gasteiger charge is -2.40. The van der Waals surface area contributed by atoms with Crippen molar-refractivity contribution in [2.24, 2.45) is 0 Å². The zero-order chi connectivity index (χ0) is 59.2. The van der Waals surface area contributed by atoms with Crippen molar-refractivity contribution in [3.8, 4) is 46.0 Å². The summed E-state index contributed by atoms with van der Waals surface area (Å²) in [5.74, 6) is 2.36. The SMILES string of the molecule is CCOCCO[C@H]1c2c(OCc3ccccc3)cc(OCc3ccccc3)cc2O[C@H](c2ccc(OCc3ccccc3)c(OCc3ccccc3)c2)[C@@H]1OC(=O)c1cc(OCc2ccccc2)c(OCc2ccccc2)c(OCc2ccccc2)c1. The molecule has 12 heteroatoms. The highest BCUT2D eigenvalue weighted by Gasteiger charge is 2.46. The Kier molecular flexibility index (Phi) is 20.4. The van der Waals surface area contributed by atoms with E-state index in [1.165, 1.54) is 0 Å². The van der Waals surface area contributed by atoms with Crippen LogP contribution in [0, 0.1) is 0 Å². The van der Waals surface area contributed by atoms with Gasteiger partial charge in [-0.25, -0.2) is 4.79 Å². The molecule has 440 valence electrons. The monoisotopic (exact) mass is 1160 g/mol. The second-order valence-electron chi connectivity index (χ2n) is 20.7. The Morgan fingerprint density at radius 3 is 1.24 bits per heavy atom. The first-order valence-electron chi connectivity index (χ1n) is 29.2. The highest BCUT2D eigenvalue weighted by Crippen LogP contribution is 2.52. The fourth-order valence-electron chi connectivity index (χ4n) is 9.95. The van der Waals surface area contributed by atoms with Gasteiger partial charge in [0.05, 0.1) is 24.3 Å². The summed E-state index contributed by atoms with van der Waals surface area (Å²) < 4.78 is 73.7. The van der Waals surface area contributed by atoms with E-state index >= 15 is 4.79 Å². The third kappa shape index (κ3) is 16.3. The Morgan fingerprint density at radius 1 is 0.391 bits per heavy atom. The standard InChI is InChI=1S/C75H68O12/c1-2-77-40-41-78-73-70-66(82-50-57-30-16-6-17-31-57)45-63(79-47-54-24-10-3-11-25-54)46-67(70)86-71(61-38-39-64(80-48-55-26-12-4-13-27-55)65(42-61)81-49-56-28-14-5-15-29-56)74(73)87-75(76)62-43-68(83-51-58-32-18-7-19-33-58)72(85-53-60-36-22-9-23-37-60)69(44-62)84-52-59-34-20-8-21-35-59/h3-39,42-46,71,73-74H,2,40-41,47-53H2,1H3/t71-,73+,74+/m1/s1. The molecule has 12 nitrogen and oxygen atoms in total. The van der Waals surface area contributed by atoms with Crippen molar-refractivity contribution in [3.63, 3.8) is 0 Å². The highest BCUT2D eigenvalue weighted by molar-refractivity contribution is 5.91. The average molecular weight is 1160 g/mol. The van der Waals surface area contributed by atoms with Crippen LogP contribution in [0.1, 0.15) is 79.6 Å². The van der Waals surface area contributed by atoms with Crippen LogP contribution < -0.4 is 37.9 Å². The van der Waals surface area contributed by atoms with Gasteiger partial charge in [0.15, 0.2) is 35.2 Å². The minimum absolute atomic E-state index is 0.114. The van der Waals surface area contributed by atoms with Crippen molar-refractivity contribution >= 4 is 5.97 Å². The van der Waals surface area contributed by atoms with Crippen LogP contribution in [0.25, 0.3) is 0 Å². The minimum Gasteiger partial charge on any atom is -0.489 e. The molecule has 0 saturated heterocycles. The number of esters is 1. The van der Waals surface area contributed by atoms with Crippen LogP contribution in [0.4, 0.5) is 0 Å². The summed E-state index contributed by atoms with van der Waals surface area (Å²) in [6.45, 7) is 4.24. The highest BCUT2D eigenvalue weighted by atomic mass is 16.6. The van der Waals surface area contributed by atoms with Crippen LogP contribution in [0.5, 0.6) is 46.0 Å². The van der Waals surface area contributed by atoms with Gasteiger partial charge < -0.3 is 52.1 Å². The third-order valence-corrected chi connectivity index (χ3v) is 14.4. The van der Waals surface area contributed by atoms with Crippen LogP contribution >= 0.6 is 0 Å². The number of rotatable bonds is 29. The van der Waals surface area contributed by atoms with Gasteiger partial charge in [-0.15, -0.1) is 0 Å². The third-order valence-electron chi connectivity index (χ3n) is 14.4. The van der Waals surface area contributed by atoms with E-state index in [1.807, 2.05) is 250 Å². The first-order chi connectivity index (χ1) is 43.0. The Labute approximate surface area is 508 Å². The van der Waals surface area contributed by atoms with E-state index in [2.05, 4.69) is 0 Å². The molecule has 0 N–H and O–H groups in total. The van der Waals surface area contributed by atoms with Gasteiger partial charge >= 0.3 is 5.97 Å². The number of ether oxygens (including phenoxy) is 11. The predicted molar refractivity (Wildman–Crippen MR) is 333 cm³/mol. The van der Waals surface area contributed by atoms with E-state index in [0.29, 0.717) is 52.2 Å². The van der Waals surface area contributed by atoms with Gasteiger partial charge in [-0.1, -0.05) is 218 Å². The van der Waals surface area contributed by atoms with Crippen LogP contribution in [0.15, 0.2) is 255 Å². The summed E-state index contributed by atoms with van der Waals surface area (Å²) >= 11 is 0. The zero-order valence-corrected chi connectivity index (χ0v) is 48.5. The van der Waals surface area contributed by atoms with E-state index in [4.69, 9.17) is 52.1 Å². The molecule has 1 aliphatic rings. The molecule has 0 bridgehead atoms. The van der Waals surface area contributed by atoms with Crippen LogP contribution in [-0.4, -0.2) is 31.9 Å². The smallest absolute Gasteiger partial charge is 0.338 e. The molecular formula is C75H68O12. The Morgan fingerprint density at radius 2 is 0.793 bits per heavy atom. The maximum absolute atomic E-state index is 15.7. The number of carbonyl (C=O) groups is 1. The van der Waals surface area contributed by atoms with Crippen molar-refractivity contribution < 1.29 is 56.9 Å². The number of fused-ring (bicyclic) bond motifs is 1. The van der Waals surface area contributed by atoms with Crippen molar-refractivity contribution in [1.82, 2.24) is 0 Å². The van der Waals surface area contributed by atoms with E-state index in [9.17, 15) is 0 Å². The summed E-state index contributed by atoms with van der Waals surface area (Å²) in [4.78, 5) is 15.7. The molecule has 0 spiro atoms. The topological polar surface area (TPSA) is 119 Å². The molecule has 11 rings (SSSR count). The molecule has 10 aromatic rings. The first kappa shape index (κ1) is 58.8. The van der Waals surface area contributed by atoms with Crippen molar-refractivity contribution in [1.29, 1.82) is 0 Å². The minimum atomic E-state index is -1.21. The lowest BCUT2D eigenvalue weighted by molar-refractivity contribution is -0.117. The quantitative estimate of drug-likeness (QED) is 0.0328. The van der Waals surface area contributed by atoms with E-state index in [0.717, 1.165) is 38.9 Å². The van der Waals surface area contributed by atoms with Gasteiger partial charge in [0.25, 0.3) is 0 Å². The van der Waals surface area contributed by atoms with Crippen molar-refractivity contribution in [3.05, 3.63) is 310 Å². The van der Waals surface area contributed by atoms with E-state index in [1.54, 1.807) is 12.1 Å². The first-order valence-corrected chi connectivity index (χ1v) is 29.2. The van der Waals surface area contributed by atoms with Gasteiger partial charge in [-0.3, -0.25) is 0 Å². The zero-order valence-electron chi connectivity index (χ0n) is 48.5. The fraction of sp³-hybridized carbons (Fsp3) is 0.187. The van der Waals surface area contributed by atoms with Crippen molar-refractivity contribution in [2.75, 3.05) is 19.8 Å². The summed E-state index contributed by atoms with van der Waals surface area (Å²) in [5.41, 5.74) is 7.79. The van der Waals surface area contributed by atoms with Gasteiger partial charge in [-0.05, 0) is 70.1 Å². The maximum atomic E-state index is 15.7. The van der Waals surface area contributed by atoms with Crippen LogP contribution in [0.3, 0.4) is 0 Å². The van der Waals surface area contributed by atoms with Gasteiger partial charge in [0.1, 0.15) is 69.6 Å². The lowest BCUT2D eigenvalue weighted by Crippen LogP contribution is -2.40. The second-order valence-corrected chi connectivity index (χ2v) is 20.7. The molecule has 10 aromatic carbocycles. The summed E-state index contributed by atoms with van der Waals surface area (Å²) in [7, 11) is 0. The van der Waals surface area contributed by atoms with Crippen LogP contribution in [0.2, 0.25) is 0 Å². The predicted octanol–water partition coefficient (Wildman–Crippen LogP) is 16.2. The second kappa shape index (κ2) is 30.2. The molecule has 0 amide bonds. The van der Waals surface area contributed by atoms with Gasteiger partial charge in [0.2, 0.25) is 5.75 Å². The lowest BCUT2D eigenvalue weighted by atomic mass is 9.90.